The number of hydrogen-bond donors (Lipinski definition) is 4. The Labute approximate surface area is 250 Å². The average Bonchev–Trinajstić information content (AvgIpc) is 2.96. The maximum atomic E-state index is 13.5. The second kappa shape index (κ2) is 12.9. The number of fused-ring (bicyclic) bond motifs is 4. The van der Waals surface area contributed by atoms with E-state index < -0.39 is 65.7 Å². The van der Waals surface area contributed by atoms with Gasteiger partial charge in [0.15, 0.2) is 0 Å². The maximum Gasteiger partial charge on any atom is 0.325 e. The van der Waals surface area contributed by atoms with Gasteiger partial charge in [0.2, 0.25) is 11.8 Å². The van der Waals surface area contributed by atoms with Gasteiger partial charge in [0.1, 0.15) is 24.2 Å². The average molecular weight is 594 g/mol. The summed E-state index contributed by atoms with van der Waals surface area (Å²) in [5.41, 5.74) is 3.85. The van der Waals surface area contributed by atoms with E-state index in [2.05, 4.69) is 16.1 Å². The molecule has 230 valence electrons. The number of esters is 1. The van der Waals surface area contributed by atoms with Crippen LogP contribution in [0.5, 0.6) is 0 Å². The van der Waals surface area contributed by atoms with Crippen LogP contribution in [0.4, 0.5) is 0 Å². The molecule has 12 heteroatoms. The van der Waals surface area contributed by atoms with Crippen molar-refractivity contribution in [2.45, 2.75) is 78.1 Å². The standard InChI is InChI=1S/C31H39N5O7/c1-17(2)26-27(39)33-24(16-25(37)38)28(40)36-14-6-7-22(35-36)29(41)43-18(3)21-11-10-20-9-8-19(15-23(20)32-21)12-13-31(4,5)30(42)34-26/h8-13,15,17-18,22,24,26,35H,6-7,14,16H2,1-5H3,(H,33,39)(H,34,42)(H,37,38)/b13-12+/t18-,22+,24?,26?/m1/s1. The van der Waals surface area contributed by atoms with Crippen molar-refractivity contribution >= 4 is 46.6 Å². The zero-order valence-electron chi connectivity index (χ0n) is 25.0. The highest BCUT2D eigenvalue weighted by molar-refractivity contribution is 5.95. The topological polar surface area (TPSA) is 167 Å². The fraction of sp³-hybridized carbons (Fsp3) is 0.484. The lowest BCUT2D eigenvalue weighted by Crippen LogP contribution is -2.62. The number of ether oxygens (including phenoxy) is 1. The van der Waals surface area contributed by atoms with E-state index in [0.717, 1.165) is 16.0 Å². The third-order valence-corrected chi connectivity index (χ3v) is 7.69. The van der Waals surface area contributed by atoms with Crippen molar-refractivity contribution in [3.8, 4) is 0 Å². The molecule has 43 heavy (non-hydrogen) atoms. The Balaban J connectivity index is 1.73. The molecular formula is C31H39N5O7. The Morgan fingerprint density at radius 1 is 1.14 bits per heavy atom. The Bertz CT molecular complexity index is 1450. The summed E-state index contributed by atoms with van der Waals surface area (Å²) < 4.78 is 5.72. The molecule has 1 aromatic heterocycles. The van der Waals surface area contributed by atoms with E-state index in [1.807, 2.05) is 24.3 Å². The SMILES string of the molecule is CC(C)C1NC(=O)C(C)(C)/C=C/c2ccc3ccc(nc3c2)[C@@H](C)OC(=O)[C@@H]2CCCN(N2)C(=O)C(CC(=O)O)NC1=O. The molecule has 0 spiro atoms. The first kappa shape index (κ1) is 31.6. The molecule has 2 aromatic rings. The minimum Gasteiger partial charge on any atom is -0.481 e. The minimum absolute atomic E-state index is 0.198. The molecule has 1 saturated heterocycles. The Hall–Kier alpha value is -4.32. The number of benzene rings is 1. The van der Waals surface area contributed by atoms with Gasteiger partial charge < -0.3 is 20.5 Å². The number of rotatable bonds is 3. The number of nitrogens with one attached hydrogen (secondary N) is 3. The van der Waals surface area contributed by atoms with Gasteiger partial charge in [0, 0.05) is 11.9 Å². The van der Waals surface area contributed by atoms with Crippen LogP contribution in [0.3, 0.4) is 0 Å². The zero-order valence-corrected chi connectivity index (χ0v) is 25.0. The summed E-state index contributed by atoms with van der Waals surface area (Å²) in [4.78, 5) is 69.7. The van der Waals surface area contributed by atoms with Crippen LogP contribution in [0.15, 0.2) is 36.4 Å². The number of hydrogen-bond acceptors (Lipinski definition) is 8. The van der Waals surface area contributed by atoms with Gasteiger partial charge in [-0.05, 0) is 57.2 Å². The van der Waals surface area contributed by atoms with E-state index in [1.165, 1.54) is 0 Å². The molecule has 3 heterocycles. The molecule has 3 amide bonds. The predicted molar refractivity (Wildman–Crippen MR) is 158 cm³/mol. The van der Waals surface area contributed by atoms with Gasteiger partial charge in [-0.1, -0.05) is 44.2 Å². The molecule has 2 aliphatic rings. The van der Waals surface area contributed by atoms with E-state index in [9.17, 15) is 29.1 Å². The first-order valence-electron chi connectivity index (χ1n) is 14.5. The summed E-state index contributed by atoms with van der Waals surface area (Å²) in [5.74, 6) is -4.08. The zero-order chi connectivity index (χ0) is 31.5. The first-order chi connectivity index (χ1) is 20.2. The van der Waals surface area contributed by atoms with Crippen molar-refractivity contribution in [1.82, 2.24) is 26.1 Å². The molecule has 1 fully saturated rings. The molecule has 2 unspecified atom stereocenters. The highest BCUT2D eigenvalue weighted by Crippen LogP contribution is 2.25. The van der Waals surface area contributed by atoms with Crippen LogP contribution < -0.4 is 16.1 Å². The lowest BCUT2D eigenvalue weighted by Gasteiger charge is -2.35. The molecule has 0 radical (unpaired) electrons. The number of carbonyl (C=O) groups is 5. The Kier molecular flexibility index (Phi) is 9.49. The molecule has 4 N–H and O–H groups in total. The lowest BCUT2D eigenvalue weighted by molar-refractivity contribution is -0.158. The van der Waals surface area contributed by atoms with Crippen molar-refractivity contribution in [2.24, 2.45) is 11.3 Å². The normalized spacial score (nSPS) is 26.0. The van der Waals surface area contributed by atoms with Gasteiger partial charge in [-0.3, -0.25) is 29.0 Å². The summed E-state index contributed by atoms with van der Waals surface area (Å²) in [5, 5.41) is 16.9. The van der Waals surface area contributed by atoms with E-state index in [4.69, 9.17) is 9.72 Å². The smallest absolute Gasteiger partial charge is 0.325 e. The van der Waals surface area contributed by atoms with E-state index in [-0.39, 0.29) is 12.5 Å². The lowest BCUT2D eigenvalue weighted by atomic mass is 9.89. The van der Waals surface area contributed by atoms with Crippen LogP contribution >= 0.6 is 0 Å². The van der Waals surface area contributed by atoms with Crippen LogP contribution in [0.25, 0.3) is 17.0 Å². The van der Waals surface area contributed by atoms with Gasteiger partial charge in [-0.2, -0.15) is 0 Å². The van der Waals surface area contributed by atoms with Crippen LogP contribution in [0, 0.1) is 11.3 Å². The van der Waals surface area contributed by atoms with Crippen LogP contribution in [0.1, 0.15) is 71.2 Å². The summed E-state index contributed by atoms with van der Waals surface area (Å²) in [7, 11) is 0. The number of hydrazine groups is 1. The quantitative estimate of drug-likeness (QED) is 0.391. The van der Waals surface area contributed by atoms with E-state index >= 15 is 0 Å². The highest BCUT2D eigenvalue weighted by atomic mass is 16.5. The number of nitrogens with zero attached hydrogens (tertiary/aromatic N) is 2. The van der Waals surface area contributed by atoms with Crippen LogP contribution in [0.2, 0.25) is 0 Å². The monoisotopic (exact) mass is 593 g/mol. The van der Waals surface area contributed by atoms with E-state index in [0.29, 0.717) is 24.1 Å². The predicted octanol–water partition coefficient (Wildman–Crippen LogP) is 2.49. The van der Waals surface area contributed by atoms with Gasteiger partial charge >= 0.3 is 11.9 Å². The second-order valence-electron chi connectivity index (χ2n) is 12.0. The van der Waals surface area contributed by atoms with Crippen molar-refractivity contribution in [3.63, 3.8) is 0 Å². The number of aliphatic carboxylic acids is 1. The molecule has 4 rings (SSSR count). The first-order valence-corrected chi connectivity index (χ1v) is 14.5. The molecule has 5 bridgehead atoms. The summed E-state index contributed by atoms with van der Waals surface area (Å²) in [6, 6.07) is 6.02. The highest BCUT2D eigenvalue weighted by Gasteiger charge is 2.37. The largest absolute Gasteiger partial charge is 0.481 e. The molecule has 0 aliphatic carbocycles. The third kappa shape index (κ3) is 7.56. The number of aromatic nitrogens is 1. The molecule has 4 atom stereocenters. The van der Waals surface area contributed by atoms with Crippen LogP contribution in [-0.4, -0.2) is 69.4 Å². The molecular weight excluding hydrogens is 554 g/mol. The van der Waals surface area contributed by atoms with E-state index in [1.54, 1.807) is 52.8 Å². The number of cyclic esters (lactones) is 1. The summed E-state index contributed by atoms with van der Waals surface area (Å²) in [6.45, 7) is 8.81. The Morgan fingerprint density at radius 2 is 1.86 bits per heavy atom. The third-order valence-electron chi connectivity index (χ3n) is 7.69. The molecule has 0 saturated carbocycles. The van der Waals surface area contributed by atoms with Gasteiger partial charge in [0.25, 0.3) is 5.91 Å². The van der Waals surface area contributed by atoms with Gasteiger partial charge in [0.05, 0.1) is 23.0 Å². The van der Waals surface area contributed by atoms with Crippen molar-refractivity contribution < 1.29 is 33.8 Å². The number of carboxylic acid groups (broad SMARTS) is 1. The summed E-state index contributed by atoms with van der Waals surface area (Å²) in [6.07, 6.45) is 2.99. The number of pyridine rings is 1. The second-order valence-corrected chi connectivity index (χ2v) is 12.0. The minimum atomic E-state index is -1.44. The molecule has 2 aliphatic heterocycles. The van der Waals surface area contributed by atoms with Crippen molar-refractivity contribution in [3.05, 3.63) is 47.7 Å². The number of carboxylic acids is 1. The van der Waals surface area contributed by atoms with Crippen molar-refractivity contribution in [2.75, 3.05) is 6.54 Å². The molecule has 12 nitrogen and oxygen atoms in total. The van der Waals surface area contributed by atoms with Gasteiger partial charge in [-0.15, -0.1) is 0 Å². The fourth-order valence-electron chi connectivity index (χ4n) is 4.98. The van der Waals surface area contributed by atoms with Crippen molar-refractivity contribution in [1.29, 1.82) is 0 Å². The maximum absolute atomic E-state index is 13.5. The van der Waals surface area contributed by atoms with Gasteiger partial charge in [-0.25, -0.2) is 10.4 Å². The van der Waals surface area contributed by atoms with Crippen LogP contribution in [-0.2, 0) is 28.7 Å². The number of amides is 3. The Morgan fingerprint density at radius 3 is 2.56 bits per heavy atom. The fourth-order valence-corrected chi connectivity index (χ4v) is 4.98. The molecule has 1 aromatic carbocycles. The number of carbonyl (C=O) groups excluding carboxylic acids is 4. The summed E-state index contributed by atoms with van der Waals surface area (Å²) >= 11 is 0.